The van der Waals surface area contributed by atoms with Crippen molar-refractivity contribution >= 4 is 5.91 Å². The van der Waals surface area contributed by atoms with Crippen LogP contribution in [0.1, 0.15) is 20.3 Å². The van der Waals surface area contributed by atoms with Crippen LogP contribution in [0.3, 0.4) is 0 Å². The molecule has 2 fully saturated rings. The van der Waals surface area contributed by atoms with E-state index < -0.39 is 0 Å². The topological polar surface area (TPSA) is 44.6 Å². The standard InChI is InChI=1S/C17H29N5O/c1-15-13-19(9-12-22-8-3-5-18-22)14-17(15)21-7-4-6-20(10-11-21)16(2)23/h3,5,8,15,17H,4,6-7,9-14H2,1-2H3/t15-,17-/m1/s1. The zero-order valence-corrected chi connectivity index (χ0v) is 14.4. The quantitative estimate of drug-likeness (QED) is 0.822. The minimum absolute atomic E-state index is 0.215. The molecule has 0 saturated carbocycles. The van der Waals surface area contributed by atoms with Crippen LogP contribution in [-0.4, -0.2) is 82.2 Å². The summed E-state index contributed by atoms with van der Waals surface area (Å²) in [6, 6.07) is 2.60. The summed E-state index contributed by atoms with van der Waals surface area (Å²) in [6.45, 7) is 12.3. The molecule has 128 valence electrons. The van der Waals surface area contributed by atoms with Crippen LogP contribution in [0.4, 0.5) is 0 Å². The van der Waals surface area contributed by atoms with Gasteiger partial charge in [-0.3, -0.25) is 19.3 Å². The van der Waals surface area contributed by atoms with Crippen molar-refractivity contribution in [3.63, 3.8) is 0 Å². The van der Waals surface area contributed by atoms with E-state index in [1.54, 1.807) is 6.92 Å². The molecule has 3 rings (SSSR count). The van der Waals surface area contributed by atoms with Crippen molar-refractivity contribution in [1.29, 1.82) is 0 Å². The van der Waals surface area contributed by atoms with Crippen LogP contribution in [0, 0.1) is 5.92 Å². The molecule has 0 aliphatic carbocycles. The fourth-order valence-corrected chi connectivity index (χ4v) is 3.97. The van der Waals surface area contributed by atoms with Crippen molar-refractivity contribution < 1.29 is 4.79 Å². The molecule has 2 aliphatic heterocycles. The molecule has 0 bridgehead atoms. The minimum Gasteiger partial charge on any atom is -0.342 e. The van der Waals surface area contributed by atoms with Gasteiger partial charge >= 0.3 is 0 Å². The van der Waals surface area contributed by atoms with E-state index in [1.165, 1.54) is 6.54 Å². The van der Waals surface area contributed by atoms with Crippen molar-refractivity contribution in [3.8, 4) is 0 Å². The maximum Gasteiger partial charge on any atom is 0.219 e. The van der Waals surface area contributed by atoms with Gasteiger partial charge in [-0.05, 0) is 18.4 Å². The lowest BCUT2D eigenvalue weighted by molar-refractivity contribution is -0.128. The summed E-state index contributed by atoms with van der Waals surface area (Å²) in [5, 5.41) is 4.28. The van der Waals surface area contributed by atoms with Crippen LogP contribution in [0.15, 0.2) is 18.5 Å². The van der Waals surface area contributed by atoms with Crippen LogP contribution in [0.2, 0.25) is 0 Å². The number of nitrogens with zero attached hydrogens (tertiary/aromatic N) is 5. The van der Waals surface area contributed by atoms with Gasteiger partial charge < -0.3 is 4.90 Å². The lowest BCUT2D eigenvalue weighted by Crippen LogP contribution is -2.43. The van der Waals surface area contributed by atoms with Gasteiger partial charge in [-0.25, -0.2) is 0 Å². The highest BCUT2D eigenvalue weighted by Gasteiger charge is 2.34. The maximum atomic E-state index is 11.6. The summed E-state index contributed by atoms with van der Waals surface area (Å²) in [6.07, 6.45) is 4.96. The lowest BCUT2D eigenvalue weighted by Gasteiger charge is -2.30. The summed E-state index contributed by atoms with van der Waals surface area (Å²) in [7, 11) is 0. The molecule has 23 heavy (non-hydrogen) atoms. The lowest BCUT2D eigenvalue weighted by atomic mass is 10.0. The molecule has 6 nitrogen and oxygen atoms in total. The predicted molar refractivity (Wildman–Crippen MR) is 90.1 cm³/mol. The first-order valence-corrected chi connectivity index (χ1v) is 8.83. The first-order chi connectivity index (χ1) is 11.1. The third-order valence-corrected chi connectivity index (χ3v) is 5.30. The summed E-state index contributed by atoms with van der Waals surface area (Å²) in [5.41, 5.74) is 0. The molecule has 3 heterocycles. The fourth-order valence-electron chi connectivity index (χ4n) is 3.97. The van der Waals surface area contributed by atoms with Gasteiger partial charge in [0.1, 0.15) is 0 Å². The molecule has 0 radical (unpaired) electrons. The normalized spacial score (nSPS) is 27.3. The van der Waals surface area contributed by atoms with Crippen LogP contribution in [0.5, 0.6) is 0 Å². The molecule has 1 aromatic heterocycles. The summed E-state index contributed by atoms with van der Waals surface area (Å²) in [5.74, 6) is 0.906. The number of hydrogen-bond donors (Lipinski definition) is 0. The monoisotopic (exact) mass is 319 g/mol. The molecule has 0 unspecified atom stereocenters. The number of hydrogen-bond acceptors (Lipinski definition) is 4. The minimum atomic E-state index is 0.215. The van der Waals surface area contributed by atoms with Gasteiger partial charge in [-0.1, -0.05) is 6.92 Å². The van der Waals surface area contributed by atoms with E-state index >= 15 is 0 Å². The zero-order chi connectivity index (χ0) is 16.2. The van der Waals surface area contributed by atoms with Crippen molar-refractivity contribution in [1.82, 2.24) is 24.5 Å². The number of amides is 1. The molecule has 0 aromatic carbocycles. The molecule has 2 atom stereocenters. The van der Waals surface area contributed by atoms with Gasteiger partial charge in [-0.15, -0.1) is 0 Å². The van der Waals surface area contributed by atoms with E-state index in [0.717, 1.165) is 52.2 Å². The van der Waals surface area contributed by atoms with Gasteiger partial charge in [0.25, 0.3) is 0 Å². The van der Waals surface area contributed by atoms with Crippen molar-refractivity contribution in [2.24, 2.45) is 5.92 Å². The molecule has 2 saturated heterocycles. The Hall–Kier alpha value is -1.40. The smallest absolute Gasteiger partial charge is 0.219 e. The Bertz CT molecular complexity index is 503. The fraction of sp³-hybridized carbons (Fsp3) is 0.765. The van der Waals surface area contributed by atoms with Crippen molar-refractivity contribution in [3.05, 3.63) is 18.5 Å². The van der Waals surface area contributed by atoms with Crippen LogP contribution >= 0.6 is 0 Å². The average Bonchev–Trinajstić information content (AvgIpc) is 3.09. The van der Waals surface area contributed by atoms with E-state index in [0.29, 0.717) is 12.0 Å². The van der Waals surface area contributed by atoms with Gasteiger partial charge in [0.2, 0.25) is 5.91 Å². The van der Waals surface area contributed by atoms with E-state index in [1.807, 2.05) is 28.0 Å². The second-order valence-corrected chi connectivity index (χ2v) is 6.97. The second kappa shape index (κ2) is 7.45. The first-order valence-electron chi connectivity index (χ1n) is 8.83. The molecule has 6 heteroatoms. The van der Waals surface area contributed by atoms with Gasteiger partial charge in [-0.2, -0.15) is 5.10 Å². The third kappa shape index (κ3) is 4.12. The number of rotatable bonds is 4. The summed E-state index contributed by atoms with van der Waals surface area (Å²) >= 11 is 0. The number of likely N-dealkylation sites (tertiary alicyclic amines) is 1. The molecular weight excluding hydrogens is 290 g/mol. The third-order valence-electron chi connectivity index (χ3n) is 5.30. The maximum absolute atomic E-state index is 11.6. The van der Waals surface area contributed by atoms with Crippen molar-refractivity contribution in [2.75, 3.05) is 45.8 Å². The first kappa shape index (κ1) is 16.5. The van der Waals surface area contributed by atoms with Crippen molar-refractivity contribution in [2.45, 2.75) is 32.9 Å². The van der Waals surface area contributed by atoms with Gasteiger partial charge in [0, 0.05) is 71.2 Å². The number of carbonyl (C=O) groups excluding carboxylic acids is 1. The van der Waals surface area contributed by atoms with E-state index in [4.69, 9.17) is 0 Å². The second-order valence-electron chi connectivity index (χ2n) is 6.97. The molecular formula is C17H29N5O. The van der Waals surface area contributed by atoms with E-state index in [-0.39, 0.29) is 5.91 Å². The summed E-state index contributed by atoms with van der Waals surface area (Å²) < 4.78 is 2.01. The average molecular weight is 319 g/mol. The number of carbonyl (C=O) groups is 1. The Labute approximate surface area is 139 Å². The largest absolute Gasteiger partial charge is 0.342 e. The van der Waals surface area contributed by atoms with E-state index in [2.05, 4.69) is 21.8 Å². The van der Waals surface area contributed by atoms with Gasteiger partial charge in [0.05, 0.1) is 6.54 Å². The Balaban J connectivity index is 1.51. The Morgan fingerprint density at radius 1 is 1.17 bits per heavy atom. The van der Waals surface area contributed by atoms with Crippen LogP contribution in [-0.2, 0) is 11.3 Å². The van der Waals surface area contributed by atoms with Gasteiger partial charge in [0.15, 0.2) is 0 Å². The Morgan fingerprint density at radius 3 is 2.78 bits per heavy atom. The highest BCUT2D eigenvalue weighted by atomic mass is 16.2. The highest BCUT2D eigenvalue weighted by molar-refractivity contribution is 5.73. The molecule has 0 spiro atoms. The van der Waals surface area contributed by atoms with Crippen LogP contribution < -0.4 is 0 Å². The van der Waals surface area contributed by atoms with Crippen LogP contribution in [0.25, 0.3) is 0 Å². The highest BCUT2D eigenvalue weighted by Crippen LogP contribution is 2.23. The molecule has 1 aromatic rings. The number of aromatic nitrogens is 2. The Morgan fingerprint density at radius 2 is 2.04 bits per heavy atom. The molecule has 0 N–H and O–H groups in total. The zero-order valence-electron chi connectivity index (χ0n) is 14.4. The predicted octanol–water partition coefficient (Wildman–Crippen LogP) is 0.758. The molecule has 2 aliphatic rings. The Kier molecular flexibility index (Phi) is 5.33. The SMILES string of the molecule is CC(=O)N1CCCN([C@@H]2CN(CCn3cccn3)C[C@H]2C)CC1. The molecule has 1 amide bonds. The van der Waals surface area contributed by atoms with E-state index in [9.17, 15) is 4.79 Å². The summed E-state index contributed by atoms with van der Waals surface area (Å²) in [4.78, 5) is 18.8.